The van der Waals surface area contributed by atoms with Gasteiger partial charge < -0.3 is 4.74 Å². The smallest absolute Gasteiger partial charge is 0.411 e. The molecular formula is C17H13Cl4NO2. The van der Waals surface area contributed by atoms with Gasteiger partial charge in [0.1, 0.15) is 0 Å². The van der Waals surface area contributed by atoms with E-state index >= 15 is 0 Å². The van der Waals surface area contributed by atoms with Crippen LogP contribution in [-0.2, 0) is 4.74 Å². The highest BCUT2D eigenvalue weighted by Crippen LogP contribution is 2.45. The highest BCUT2D eigenvalue weighted by Gasteiger charge is 2.45. The van der Waals surface area contributed by atoms with Crippen molar-refractivity contribution in [3.05, 3.63) is 70.7 Å². The molecule has 126 valence electrons. The first kappa shape index (κ1) is 17.7. The van der Waals surface area contributed by atoms with E-state index in [0.29, 0.717) is 17.1 Å². The van der Waals surface area contributed by atoms with Crippen molar-refractivity contribution < 1.29 is 9.53 Å². The van der Waals surface area contributed by atoms with Gasteiger partial charge in [0.2, 0.25) is 3.79 Å². The van der Waals surface area contributed by atoms with E-state index in [2.05, 4.69) is 0 Å². The van der Waals surface area contributed by atoms with Crippen LogP contribution in [0.25, 0.3) is 0 Å². The Morgan fingerprint density at radius 2 is 1.71 bits per heavy atom. The molecule has 0 bridgehead atoms. The number of hydrogen-bond acceptors (Lipinski definition) is 2. The fraction of sp³-hybridized carbons (Fsp3) is 0.235. The lowest BCUT2D eigenvalue weighted by molar-refractivity contribution is 0.0842. The maximum atomic E-state index is 12.4. The van der Waals surface area contributed by atoms with Crippen LogP contribution >= 0.6 is 46.4 Å². The standard InChI is InChI=1S/C17H13Cl4NO2/c18-13-9-5-4-8-12(13)14-10-22(14)16(23)24-15(17(19,20)21)11-6-2-1-3-7-11/h1-9,14-15H,10H2/t14?,15-,22?/m1/s1. The Labute approximate surface area is 160 Å². The minimum Gasteiger partial charge on any atom is -0.437 e. The van der Waals surface area contributed by atoms with Crippen molar-refractivity contribution in [2.75, 3.05) is 6.54 Å². The zero-order valence-corrected chi connectivity index (χ0v) is 15.4. The molecule has 1 amide bonds. The van der Waals surface area contributed by atoms with E-state index in [1.54, 1.807) is 30.3 Å². The van der Waals surface area contributed by atoms with Crippen LogP contribution in [0.3, 0.4) is 0 Å². The highest BCUT2D eigenvalue weighted by atomic mass is 35.6. The molecule has 1 saturated heterocycles. The second-order valence-electron chi connectivity index (χ2n) is 5.41. The third-order valence-corrected chi connectivity index (χ3v) is 4.67. The van der Waals surface area contributed by atoms with E-state index in [1.807, 2.05) is 24.3 Å². The van der Waals surface area contributed by atoms with Crippen molar-refractivity contribution in [2.45, 2.75) is 15.9 Å². The zero-order chi connectivity index (χ0) is 17.3. The molecular weight excluding hydrogens is 392 g/mol. The minimum absolute atomic E-state index is 0.113. The molecule has 1 aliphatic rings. The fourth-order valence-corrected chi connectivity index (χ4v) is 3.25. The van der Waals surface area contributed by atoms with Gasteiger partial charge in [0, 0.05) is 11.6 Å². The first-order chi connectivity index (χ1) is 11.4. The Bertz CT molecular complexity index is 733. The van der Waals surface area contributed by atoms with E-state index in [9.17, 15) is 4.79 Å². The van der Waals surface area contributed by atoms with Crippen molar-refractivity contribution in [3.63, 3.8) is 0 Å². The number of ether oxygens (including phenoxy) is 1. The van der Waals surface area contributed by atoms with Gasteiger partial charge in [-0.15, -0.1) is 0 Å². The van der Waals surface area contributed by atoms with Crippen LogP contribution in [0, 0.1) is 0 Å². The second kappa shape index (κ2) is 7.01. The second-order valence-corrected chi connectivity index (χ2v) is 8.18. The molecule has 24 heavy (non-hydrogen) atoms. The Morgan fingerprint density at radius 3 is 2.33 bits per heavy atom. The van der Waals surface area contributed by atoms with Crippen LogP contribution in [0.5, 0.6) is 0 Å². The third kappa shape index (κ3) is 3.92. The summed E-state index contributed by atoms with van der Waals surface area (Å²) in [4.78, 5) is 14.0. The van der Waals surface area contributed by atoms with Crippen LogP contribution in [0.15, 0.2) is 54.6 Å². The van der Waals surface area contributed by atoms with Crippen molar-refractivity contribution in [1.29, 1.82) is 0 Å². The lowest BCUT2D eigenvalue weighted by atomic mass is 10.1. The molecule has 2 atom stereocenters. The normalized spacial score (nSPS) is 18.2. The number of carbonyl (C=O) groups excluding carboxylic acids is 1. The average Bonchev–Trinajstić information content (AvgIpc) is 3.33. The number of carbonyl (C=O) groups is 1. The van der Waals surface area contributed by atoms with E-state index in [-0.39, 0.29) is 6.04 Å². The van der Waals surface area contributed by atoms with E-state index < -0.39 is 16.0 Å². The number of halogens is 4. The summed E-state index contributed by atoms with van der Waals surface area (Å²) >= 11 is 24.1. The van der Waals surface area contributed by atoms with Crippen LogP contribution in [0.1, 0.15) is 23.3 Å². The predicted octanol–water partition coefficient (Wildman–Crippen LogP) is 5.94. The summed E-state index contributed by atoms with van der Waals surface area (Å²) in [6.45, 7) is 0.518. The van der Waals surface area contributed by atoms with Gasteiger partial charge in [-0.2, -0.15) is 0 Å². The molecule has 0 spiro atoms. The van der Waals surface area contributed by atoms with Crippen molar-refractivity contribution in [3.8, 4) is 0 Å². The van der Waals surface area contributed by atoms with Crippen LogP contribution in [-0.4, -0.2) is 21.3 Å². The molecule has 2 aromatic rings. The lowest BCUT2D eigenvalue weighted by Crippen LogP contribution is -2.26. The first-order valence-electron chi connectivity index (χ1n) is 7.21. The van der Waals surface area contributed by atoms with Crippen molar-refractivity contribution >= 4 is 52.5 Å². The molecule has 2 aromatic carbocycles. The highest BCUT2D eigenvalue weighted by molar-refractivity contribution is 6.68. The average molecular weight is 405 g/mol. The van der Waals surface area contributed by atoms with Gasteiger partial charge in [-0.05, 0) is 17.2 Å². The summed E-state index contributed by atoms with van der Waals surface area (Å²) in [5.41, 5.74) is 1.49. The van der Waals surface area contributed by atoms with Gasteiger partial charge in [0.05, 0.1) is 6.04 Å². The summed E-state index contributed by atoms with van der Waals surface area (Å²) in [6.07, 6.45) is -1.54. The molecule has 1 unspecified atom stereocenters. The molecule has 0 aliphatic carbocycles. The number of nitrogens with zero attached hydrogens (tertiary/aromatic N) is 1. The number of amides is 1. The van der Waals surface area contributed by atoms with Crippen LogP contribution in [0.2, 0.25) is 5.02 Å². The largest absolute Gasteiger partial charge is 0.437 e. The molecule has 3 rings (SSSR count). The monoisotopic (exact) mass is 403 g/mol. The van der Waals surface area contributed by atoms with Crippen molar-refractivity contribution in [1.82, 2.24) is 4.90 Å². The maximum Gasteiger partial charge on any atom is 0.411 e. The van der Waals surface area contributed by atoms with Crippen LogP contribution < -0.4 is 0 Å². The number of hydrogen-bond donors (Lipinski definition) is 0. The topological polar surface area (TPSA) is 29.3 Å². The Balaban J connectivity index is 1.73. The van der Waals surface area contributed by atoms with Gasteiger partial charge in [-0.3, -0.25) is 4.90 Å². The van der Waals surface area contributed by atoms with E-state index in [0.717, 1.165) is 5.56 Å². The first-order valence-corrected chi connectivity index (χ1v) is 8.72. The molecule has 0 N–H and O–H groups in total. The zero-order valence-electron chi connectivity index (χ0n) is 12.3. The molecule has 0 radical (unpaired) electrons. The Morgan fingerprint density at radius 1 is 1.08 bits per heavy atom. The summed E-state index contributed by atoms with van der Waals surface area (Å²) < 4.78 is 3.69. The van der Waals surface area contributed by atoms with Gasteiger partial charge in [-0.25, -0.2) is 4.79 Å². The molecule has 1 heterocycles. The SMILES string of the molecule is O=C(O[C@H](c1ccccc1)C(Cl)(Cl)Cl)N1CC1c1ccccc1Cl. The van der Waals surface area contributed by atoms with Gasteiger partial charge in [0.15, 0.2) is 6.10 Å². The molecule has 0 aromatic heterocycles. The van der Waals surface area contributed by atoms with E-state index in [1.165, 1.54) is 4.90 Å². The molecule has 1 aliphatic heterocycles. The Hall–Kier alpha value is -1.13. The summed E-state index contributed by atoms with van der Waals surface area (Å²) in [5, 5.41) is 0.610. The van der Waals surface area contributed by atoms with Crippen LogP contribution in [0.4, 0.5) is 4.79 Å². The summed E-state index contributed by atoms with van der Waals surface area (Å²) in [7, 11) is 0. The van der Waals surface area contributed by atoms with E-state index in [4.69, 9.17) is 51.1 Å². The predicted molar refractivity (Wildman–Crippen MR) is 96.9 cm³/mol. The van der Waals surface area contributed by atoms with Gasteiger partial charge in [-0.1, -0.05) is 94.9 Å². The maximum absolute atomic E-state index is 12.4. The molecule has 3 nitrogen and oxygen atoms in total. The number of rotatable bonds is 3. The van der Waals surface area contributed by atoms with Gasteiger partial charge >= 0.3 is 6.09 Å². The third-order valence-electron chi connectivity index (χ3n) is 3.73. The summed E-state index contributed by atoms with van der Waals surface area (Å²) in [5.74, 6) is 0. The number of benzene rings is 2. The fourth-order valence-electron chi connectivity index (χ4n) is 2.47. The minimum atomic E-state index is -1.77. The molecule has 0 saturated carbocycles. The molecule has 1 fully saturated rings. The lowest BCUT2D eigenvalue weighted by Gasteiger charge is -2.25. The van der Waals surface area contributed by atoms with Gasteiger partial charge in [0.25, 0.3) is 0 Å². The summed E-state index contributed by atoms with van der Waals surface area (Å²) in [6, 6.07) is 16.2. The Kier molecular flexibility index (Phi) is 5.16. The molecule has 7 heteroatoms. The quantitative estimate of drug-likeness (QED) is 0.467. The number of alkyl halides is 3. The van der Waals surface area contributed by atoms with Crippen molar-refractivity contribution in [2.24, 2.45) is 0 Å².